The van der Waals surface area contributed by atoms with Crippen molar-refractivity contribution in [3.05, 3.63) is 42.5 Å². The van der Waals surface area contributed by atoms with Crippen LogP contribution >= 0.6 is 0 Å². The van der Waals surface area contributed by atoms with E-state index in [1.54, 1.807) is 0 Å². The summed E-state index contributed by atoms with van der Waals surface area (Å²) in [5.41, 5.74) is 0. The van der Waals surface area contributed by atoms with Crippen LogP contribution in [-0.2, 0) is 0 Å². The van der Waals surface area contributed by atoms with Crippen molar-refractivity contribution in [1.82, 2.24) is 5.32 Å². The molecule has 3 nitrogen and oxygen atoms in total. The van der Waals surface area contributed by atoms with Gasteiger partial charge in [-0.1, -0.05) is 36.4 Å². The molecule has 15 heavy (non-hydrogen) atoms. The van der Waals surface area contributed by atoms with Gasteiger partial charge in [-0.25, -0.2) is 0 Å². The Morgan fingerprint density at radius 2 is 1.87 bits per heavy atom. The lowest BCUT2D eigenvalue weighted by Gasteiger charge is -2.08. The van der Waals surface area contributed by atoms with Crippen molar-refractivity contribution in [2.45, 2.75) is 0 Å². The summed E-state index contributed by atoms with van der Waals surface area (Å²) in [6.45, 7) is 0.231. The monoisotopic (exact) mass is 203 g/mol. The van der Waals surface area contributed by atoms with E-state index in [0.29, 0.717) is 6.73 Å². The minimum absolute atomic E-state index is 0.0786. The van der Waals surface area contributed by atoms with E-state index in [2.05, 4.69) is 5.32 Å². The molecule has 0 amide bonds. The van der Waals surface area contributed by atoms with Crippen molar-refractivity contribution in [3.63, 3.8) is 0 Å². The van der Waals surface area contributed by atoms with Crippen LogP contribution in [0.4, 0.5) is 0 Å². The molecule has 0 bridgehead atoms. The van der Waals surface area contributed by atoms with E-state index in [-0.39, 0.29) is 6.73 Å². The van der Waals surface area contributed by atoms with Crippen molar-refractivity contribution >= 4 is 10.8 Å². The third-order valence-corrected chi connectivity index (χ3v) is 2.19. The Morgan fingerprint density at radius 3 is 2.73 bits per heavy atom. The van der Waals surface area contributed by atoms with Crippen LogP contribution in [0, 0.1) is 0 Å². The highest BCUT2D eigenvalue weighted by Gasteiger charge is 1.99. The second-order valence-corrected chi connectivity index (χ2v) is 3.17. The largest absolute Gasteiger partial charge is 0.478 e. The summed E-state index contributed by atoms with van der Waals surface area (Å²) in [4.78, 5) is 0. The molecule has 0 atom stereocenters. The lowest BCUT2D eigenvalue weighted by Crippen LogP contribution is -2.20. The summed E-state index contributed by atoms with van der Waals surface area (Å²) in [6, 6.07) is 14.0. The second kappa shape index (κ2) is 4.77. The van der Waals surface area contributed by atoms with Gasteiger partial charge in [0.15, 0.2) is 0 Å². The summed E-state index contributed by atoms with van der Waals surface area (Å²) in [6.07, 6.45) is 0. The van der Waals surface area contributed by atoms with Crippen LogP contribution in [0.2, 0.25) is 0 Å². The highest BCUT2D eigenvalue weighted by atomic mass is 16.5. The molecule has 0 fully saturated rings. The summed E-state index contributed by atoms with van der Waals surface area (Å²) >= 11 is 0. The van der Waals surface area contributed by atoms with E-state index < -0.39 is 0 Å². The zero-order valence-electron chi connectivity index (χ0n) is 8.31. The molecule has 2 rings (SSSR count). The topological polar surface area (TPSA) is 41.5 Å². The first-order valence-electron chi connectivity index (χ1n) is 4.84. The van der Waals surface area contributed by atoms with E-state index in [9.17, 15) is 0 Å². The van der Waals surface area contributed by atoms with E-state index >= 15 is 0 Å². The maximum Gasteiger partial charge on any atom is 0.141 e. The molecule has 0 aromatic heterocycles. The van der Waals surface area contributed by atoms with Gasteiger partial charge in [-0.3, -0.25) is 5.32 Å². The van der Waals surface area contributed by atoms with Crippen LogP contribution in [0.3, 0.4) is 0 Å². The van der Waals surface area contributed by atoms with E-state index in [1.165, 1.54) is 0 Å². The minimum Gasteiger partial charge on any atom is -0.478 e. The predicted octanol–water partition coefficient (Wildman–Crippen LogP) is 1.72. The van der Waals surface area contributed by atoms with Crippen molar-refractivity contribution in [1.29, 1.82) is 0 Å². The number of aliphatic hydroxyl groups is 1. The molecule has 3 heteroatoms. The molecule has 0 saturated carbocycles. The fraction of sp³-hybridized carbons (Fsp3) is 0.167. The molecule has 0 aliphatic rings. The molecule has 0 saturated heterocycles. The minimum atomic E-state index is -0.0786. The zero-order chi connectivity index (χ0) is 10.5. The molecule has 0 aliphatic heterocycles. The smallest absolute Gasteiger partial charge is 0.141 e. The number of rotatable bonds is 4. The van der Waals surface area contributed by atoms with Crippen LogP contribution in [0.25, 0.3) is 10.8 Å². The summed E-state index contributed by atoms with van der Waals surface area (Å²) in [7, 11) is 0. The number of benzene rings is 2. The number of ether oxygens (including phenoxy) is 1. The lowest BCUT2D eigenvalue weighted by molar-refractivity contribution is 0.199. The fourth-order valence-electron chi connectivity index (χ4n) is 1.50. The first-order valence-corrected chi connectivity index (χ1v) is 4.84. The molecule has 78 valence electrons. The SMILES string of the molecule is OCNCOc1cccc2ccccc12. The van der Waals surface area contributed by atoms with Crippen LogP contribution in [-0.4, -0.2) is 18.6 Å². The van der Waals surface area contributed by atoms with Gasteiger partial charge < -0.3 is 9.84 Å². The zero-order valence-corrected chi connectivity index (χ0v) is 8.31. The number of hydrogen-bond donors (Lipinski definition) is 2. The first-order chi connectivity index (χ1) is 7.42. The van der Waals surface area contributed by atoms with Crippen LogP contribution < -0.4 is 10.1 Å². The lowest BCUT2D eigenvalue weighted by atomic mass is 10.1. The molecule has 2 N–H and O–H groups in total. The van der Waals surface area contributed by atoms with Crippen molar-refractivity contribution < 1.29 is 9.84 Å². The average Bonchev–Trinajstić information content (AvgIpc) is 2.30. The standard InChI is InChI=1S/C12H13NO2/c14-8-13-9-15-12-7-3-5-10-4-1-2-6-11(10)12/h1-7,13-14H,8-9H2. The number of nitrogens with one attached hydrogen (secondary N) is 1. The van der Waals surface area contributed by atoms with Crippen molar-refractivity contribution in [3.8, 4) is 5.75 Å². The molecule has 0 spiro atoms. The Bertz CT molecular complexity index is 437. The van der Waals surface area contributed by atoms with Gasteiger partial charge in [0.05, 0.1) is 6.73 Å². The van der Waals surface area contributed by atoms with Gasteiger partial charge in [0, 0.05) is 5.39 Å². The Morgan fingerprint density at radius 1 is 1.07 bits per heavy atom. The van der Waals surface area contributed by atoms with E-state index in [0.717, 1.165) is 16.5 Å². The summed E-state index contributed by atoms with van der Waals surface area (Å²) < 4.78 is 5.49. The summed E-state index contributed by atoms with van der Waals surface area (Å²) in [5, 5.41) is 13.5. The van der Waals surface area contributed by atoms with Crippen molar-refractivity contribution in [2.75, 3.05) is 13.5 Å². The Hall–Kier alpha value is -1.58. The van der Waals surface area contributed by atoms with Crippen LogP contribution in [0.5, 0.6) is 5.75 Å². The third kappa shape index (κ3) is 2.26. The maximum atomic E-state index is 8.57. The quantitative estimate of drug-likeness (QED) is 0.587. The van der Waals surface area contributed by atoms with Crippen molar-refractivity contribution in [2.24, 2.45) is 0 Å². The van der Waals surface area contributed by atoms with E-state index in [1.807, 2.05) is 42.5 Å². The molecular formula is C12H13NO2. The highest BCUT2D eigenvalue weighted by Crippen LogP contribution is 2.24. The highest BCUT2D eigenvalue weighted by molar-refractivity contribution is 5.88. The van der Waals surface area contributed by atoms with Gasteiger partial charge in [-0.05, 0) is 11.5 Å². The van der Waals surface area contributed by atoms with Gasteiger partial charge in [-0.15, -0.1) is 0 Å². The number of hydrogen-bond acceptors (Lipinski definition) is 3. The number of fused-ring (bicyclic) bond motifs is 1. The van der Waals surface area contributed by atoms with Gasteiger partial charge in [0.2, 0.25) is 0 Å². The van der Waals surface area contributed by atoms with Gasteiger partial charge in [0.1, 0.15) is 12.5 Å². The van der Waals surface area contributed by atoms with Gasteiger partial charge in [0.25, 0.3) is 0 Å². The Labute approximate surface area is 88.3 Å². The molecule has 0 aliphatic carbocycles. The van der Waals surface area contributed by atoms with Gasteiger partial charge >= 0.3 is 0 Å². The Kier molecular flexibility index (Phi) is 3.17. The van der Waals surface area contributed by atoms with Gasteiger partial charge in [-0.2, -0.15) is 0 Å². The van der Waals surface area contributed by atoms with Crippen LogP contribution in [0.15, 0.2) is 42.5 Å². The first kappa shape index (κ1) is 9.96. The maximum absolute atomic E-state index is 8.57. The predicted molar refractivity (Wildman–Crippen MR) is 59.7 cm³/mol. The molecule has 2 aromatic carbocycles. The Balaban J connectivity index is 2.26. The fourth-order valence-corrected chi connectivity index (χ4v) is 1.50. The van der Waals surface area contributed by atoms with Crippen LogP contribution in [0.1, 0.15) is 0 Å². The molecular weight excluding hydrogens is 190 g/mol. The third-order valence-electron chi connectivity index (χ3n) is 2.19. The summed E-state index contributed by atoms with van der Waals surface area (Å²) in [5.74, 6) is 0.828. The second-order valence-electron chi connectivity index (χ2n) is 3.17. The molecule has 0 unspecified atom stereocenters. The molecule has 0 radical (unpaired) electrons. The van der Waals surface area contributed by atoms with E-state index in [4.69, 9.17) is 9.84 Å². The molecule has 0 heterocycles. The normalized spacial score (nSPS) is 10.5. The average molecular weight is 203 g/mol. The number of aliphatic hydroxyl groups excluding tert-OH is 1. The molecule has 2 aromatic rings.